The van der Waals surface area contributed by atoms with Crippen molar-refractivity contribution in [2.75, 3.05) is 0 Å². The number of nitrogens with one attached hydrogen (secondary N) is 1. The van der Waals surface area contributed by atoms with Gasteiger partial charge in [0.25, 0.3) is 0 Å². The Labute approximate surface area is 128 Å². The fraction of sp³-hybridized carbons (Fsp3) is 0.923. The van der Waals surface area contributed by atoms with Crippen molar-refractivity contribution in [3.05, 3.63) is 0 Å². The number of carbonyl (C=O) groups is 1. The third-order valence-corrected chi connectivity index (χ3v) is 5.26. The van der Waals surface area contributed by atoms with Gasteiger partial charge in [0.2, 0.25) is 0 Å². The van der Waals surface area contributed by atoms with E-state index in [2.05, 4.69) is 0 Å². The second-order valence-electron chi connectivity index (χ2n) is 6.18. The van der Waals surface area contributed by atoms with Crippen molar-refractivity contribution in [3.8, 4) is 0 Å². The van der Waals surface area contributed by atoms with E-state index in [0.717, 1.165) is 0 Å². The van der Waals surface area contributed by atoms with Gasteiger partial charge >= 0.3 is 21.5 Å². The van der Waals surface area contributed by atoms with Gasteiger partial charge in [-0.2, -0.15) is 13.2 Å². The first kappa shape index (κ1) is 19.2. The number of hydrogen-bond donors (Lipinski definition) is 1. The third kappa shape index (κ3) is 4.84. The molecule has 0 heterocycles. The lowest BCUT2D eigenvalue weighted by atomic mass is 9.89. The van der Waals surface area contributed by atoms with Crippen LogP contribution in [0.1, 0.15) is 52.9 Å². The number of sulfonamides is 1. The molecule has 0 amide bonds. The Balaban J connectivity index is 2.50. The van der Waals surface area contributed by atoms with Crippen molar-refractivity contribution in [2.24, 2.45) is 5.41 Å². The highest BCUT2D eigenvalue weighted by Gasteiger charge is 2.47. The fourth-order valence-corrected chi connectivity index (χ4v) is 2.85. The molecule has 1 aliphatic rings. The Morgan fingerprint density at radius 1 is 1.18 bits per heavy atom. The normalized spacial score (nSPS) is 24.1. The largest absolute Gasteiger partial charge is 0.511 e. The van der Waals surface area contributed by atoms with Crippen LogP contribution in [0.3, 0.4) is 0 Å². The Hall–Kier alpha value is -0.830. The maximum Gasteiger partial charge on any atom is 0.511 e. The molecule has 130 valence electrons. The maximum absolute atomic E-state index is 12.3. The molecule has 0 aromatic heterocycles. The molecule has 9 heteroatoms. The molecule has 0 aromatic carbocycles. The summed E-state index contributed by atoms with van der Waals surface area (Å²) in [5.74, 6) is -0.339. The highest BCUT2D eigenvalue weighted by Crippen LogP contribution is 2.29. The summed E-state index contributed by atoms with van der Waals surface area (Å²) in [6, 6.07) is -0.777. The molecular formula is C13H22F3NO4S. The van der Waals surface area contributed by atoms with Gasteiger partial charge in [0.15, 0.2) is 0 Å². The number of alkyl halides is 3. The molecule has 1 fully saturated rings. The lowest BCUT2D eigenvalue weighted by Crippen LogP contribution is -2.45. The van der Waals surface area contributed by atoms with Gasteiger partial charge in [-0.25, -0.2) is 13.1 Å². The molecule has 0 atom stereocenters. The second-order valence-corrected chi connectivity index (χ2v) is 7.89. The van der Waals surface area contributed by atoms with E-state index in [1.54, 1.807) is 18.6 Å². The van der Waals surface area contributed by atoms with Crippen molar-refractivity contribution in [3.63, 3.8) is 0 Å². The Morgan fingerprint density at radius 2 is 1.68 bits per heavy atom. The summed E-state index contributed by atoms with van der Waals surface area (Å²) in [6.07, 6.45) is 1.35. The zero-order valence-electron chi connectivity index (χ0n) is 12.9. The lowest BCUT2D eigenvalue weighted by molar-refractivity contribution is -0.161. The Morgan fingerprint density at radius 3 is 2.09 bits per heavy atom. The van der Waals surface area contributed by atoms with Gasteiger partial charge in [0, 0.05) is 6.04 Å². The van der Waals surface area contributed by atoms with Crippen molar-refractivity contribution in [1.82, 2.24) is 4.72 Å². The van der Waals surface area contributed by atoms with E-state index in [1.807, 2.05) is 6.92 Å². The van der Waals surface area contributed by atoms with E-state index in [-0.39, 0.29) is 24.9 Å². The fourth-order valence-electron chi connectivity index (χ4n) is 2.04. The van der Waals surface area contributed by atoms with Gasteiger partial charge in [-0.1, -0.05) is 6.92 Å². The Bertz CT molecular complexity index is 494. The average Bonchev–Trinajstić information content (AvgIpc) is 2.39. The molecule has 0 aromatic rings. The van der Waals surface area contributed by atoms with Crippen LogP contribution in [0.5, 0.6) is 0 Å². The first-order valence-corrected chi connectivity index (χ1v) is 8.67. The lowest BCUT2D eigenvalue weighted by Gasteiger charge is -2.31. The molecule has 1 rings (SSSR count). The molecule has 1 aliphatic carbocycles. The number of rotatable bonds is 5. The zero-order chi connectivity index (χ0) is 17.2. The SMILES string of the molecule is CCC(C)(C)C(=O)OC1CCC(NS(=O)(=O)C(F)(F)F)CC1. The van der Waals surface area contributed by atoms with E-state index in [4.69, 9.17) is 4.74 Å². The van der Waals surface area contributed by atoms with Crippen LogP contribution in [0.2, 0.25) is 0 Å². The van der Waals surface area contributed by atoms with E-state index in [1.165, 1.54) is 0 Å². The first-order chi connectivity index (χ1) is 9.89. The van der Waals surface area contributed by atoms with E-state index < -0.39 is 27.0 Å². The molecule has 0 aliphatic heterocycles. The molecule has 22 heavy (non-hydrogen) atoms. The van der Waals surface area contributed by atoms with E-state index in [0.29, 0.717) is 19.3 Å². The van der Waals surface area contributed by atoms with Crippen LogP contribution in [0.25, 0.3) is 0 Å². The minimum Gasteiger partial charge on any atom is -0.462 e. The monoisotopic (exact) mass is 345 g/mol. The van der Waals surface area contributed by atoms with E-state index in [9.17, 15) is 26.4 Å². The molecule has 1 N–H and O–H groups in total. The quantitative estimate of drug-likeness (QED) is 0.778. The van der Waals surface area contributed by atoms with Crippen molar-refractivity contribution >= 4 is 16.0 Å². The van der Waals surface area contributed by atoms with Gasteiger partial charge in [-0.3, -0.25) is 4.79 Å². The summed E-state index contributed by atoms with van der Waals surface area (Å²) in [5, 5.41) is 0. The van der Waals surface area contributed by atoms with Gasteiger partial charge in [-0.15, -0.1) is 0 Å². The number of ether oxygens (including phenoxy) is 1. The third-order valence-electron chi connectivity index (χ3n) is 4.01. The van der Waals surface area contributed by atoms with Crippen LogP contribution in [-0.4, -0.2) is 32.0 Å². The summed E-state index contributed by atoms with van der Waals surface area (Å²) in [7, 11) is -5.32. The van der Waals surface area contributed by atoms with Crippen molar-refractivity contribution < 1.29 is 31.1 Å². The average molecular weight is 345 g/mol. The molecule has 5 nitrogen and oxygen atoms in total. The highest BCUT2D eigenvalue weighted by molar-refractivity contribution is 7.90. The van der Waals surface area contributed by atoms with Crippen molar-refractivity contribution in [1.29, 1.82) is 0 Å². The predicted octanol–water partition coefficient (Wildman–Crippen LogP) is 2.72. The smallest absolute Gasteiger partial charge is 0.462 e. The molecule has 0 saturated heterocycles. The minimum absolute atomic E-state index is 0.208. The molecule has 1 saturated carbocycles. The molecule has 0 unspecified atom stereocenters. The number of hydrogen-bond acceptors (Lipinski definition) is 4. The summed E-state index contributed by atoms with van der Waals surface area (Å²) in [6.45, 7) is 5.39. The maximum atomic E-state index is 12.3. The van der Waals surface area contributed by atoms with E-state index >= 15 is 0 Å². The molecular weight excluding hydrogens is 323 g/mol. The Kier molecular flexibility index (Phi) is 5.88. The van der Waals surface area contributed by atoms with Crippen LogP contribution in [0.15, 0.2) is 0 Å². The minimum atomic E-state index is -5.32. The molecule has 0 spiro atoms. The van der Waals surface area contributed by atoms with Gasteiger partial charge < -0.3 is 4.74 Å². The van der Waals surface area contributed by atoms with Gasteiger partial charge in [-0.05, 0) is 46.0 Å². The van der Waals surface area contributed by atoms with Crippen LogP contribution in [0.4, 0.5) is 13.2 Å². The molecule has 0 bridgehead atoms. The van der Waals surface area contributed by atoms with Crippen LogP contribution >= 0.6 is 0 Å². The number of esters is 1. The predicted molar refractivity (Wildman–Crippen MR) is 74.3 cm³/mol. The van der Waals surface area contributed by atoms with Crippen molar-refractivity contribution in [2.45, 2.75) is 70.5 Å². The topological polar surface area (TPSA) is 72.5 Å². The van der Waals surface area contributed by atoms with Gasteiger partial charge in [0.1, 0.15) is 6.10 Å². The summed E-state index contributed by atoms with van der Waals surface area (Å²) >= 11 is 0. The summed E-state index contributed by atoms with van der Waals surface area (Å²) in [4.78, 5) is 11.9. The van der Waals surface area contributed by atoms with Crippen LogP contribution < -0.4 is 4.72 Å². The number of halogens is 3. The zero-order valence-corrected chi connectivity index (χ0v) is 13.7. The summed E-state index contributed by atoms with van der Waals surface area (Å²) < 4.78 is 65.9. The first-order valence-electron chi connectivity index (χ1n) is 7.18. The highest BCUT2D eigenvalue weighted by atomic mass is 32.2. The van der Waals surface area contributed by atoms with Crippen LogP contribution in [-0.2, 0) is 19.6 Å². The second kappa shape index (κ2) is 6.74. The number of carbonyl (C=O) groups excluding carboxylic acids is 1. The standard InChI is InChI=1S/C13H22F3NO4S/c1-4-12(2,3)11(18)21-10-7-5-9(6-8-10)17-22(19,20)13(14,15)16/h9-10,17H,4-8H2,1-3H3. The van der Waals surface area contributed by atoms with Crippen LogP contribution in [0, 0.1) is 5.41 Å². The summed E-state index contributed by atoms with van der Waals surface area (Å²) in [5.41, 5.74) is -5.91. The van der Waals surface area contributed by atoms with Gasteiger partial charge in [0.05, 0.1) is 5.41 Å². The molecule has 0 radical (unpaired) electrons.